The number of carbonyl (C=O) groups excluding carboxylic acids is 2. The van der Waals surface area contributed by atoms with Crippen LogP contribution in [0.1, 0.15) is 12.1 Å². The van der Waals surface area contributed by atoms with Crippen LogP contribution in [0.3, 0.4) is 0 Å². The van der Waals surface area contributed by atoms with Crippen molar-refractivity contribution in [1.29, 1.82) is 0 Å². The number of amides is 2. The minimum absolute atomic E-state index is 0.0298. The first-order valence-electron chi connectivity index (χ1n) is 6.82. The van der Waals surface area contributed by atoms with Crippen LogP contribution in [-0.4, -0.2) is 23.3 Å². The lowest BCUT2D eigenvalue weighted by atomic mass is 10.1. The van der Waals surface area contributed by atoms with E-state index < -0.39 is 0 Å². The van der Waals surface area contributed by atoms with Crippen molar-refractivity contribution < 1.29 is 9.59 Å². The fraction of sp³-hybridized carbons (Fsp3) is 0.267. The topological polar surface area (TPSA) is 62.3 Å². The van der Waals surface area contributed by atoms with Crippen LogP contribution < -0.4 is 10.2 Å². The van der Waals surface area contributed by atoms with Gasteiger partial charge in [-0.15, -0.1) is 11.3 Å². The van der Waals surface area contributed by atoms with E-state index in [9.17, 15) is 9.59 Å². The summed E-state index contributed by atoms with van der Waals surface area (Å²) in [5, 5.41) is 5.25. The van der Waals surface area contributed by atoms with Gasteiger partial charge in [-0.2, -0.15) is 0 Å². The Morgan fingerprint density at radius 2 is 2.14 bits per heavy atom. The fourth-order valence-corrected chi connectivity index (χ4v) is 3.33. The fourth-order valence-electron chi connectivity index (χ4n) is 2.37. The van der Waals surface area contributed by atoms with Gasteiger partial charge >= 0.3 is 0 Å². The van der Waals surface area contributed by atoms with E-state index in [1.807, 2.05) is 36.6 Å². The van der Waals surface area contributed by atoms with Gasteiger partial charge in [0.15, 0.2) is 5.13 Å². The van der Waals surface area contributed by atoms with Gasteiger partial charge in [0.1, 0.15) is 0 Å². The average Bonchev–Trinajstić information content (AvgIpc) is 3.06. The van der Waals surface area contributed by atoms with E-state index in [1.54, 1.807) is 4.90 Å². The number of rotatable bonds is 3. The highest BCUT2D eigenvalue weighted by atomic mass is 79.9. The Morgan fingerprint density at radius 3 is 2.77 bits per heavy atom. The zero-order valence-corrected chi connectivity index (χ0v) is 14.3. The zero-order valence-electron chi connectivity index (χ0n) is 11.9. The smallest absolute Gasteiger partial charge is 0.231 e. The Morgan fingerprint density at radius 1 is 1.41 bits per heavy atom. The Balaban J connectivity index is 1.68. The molecule has 2 heterocycles. The van der Waals surface area contributed by atoms with Crippen LogP contribution >= 0.6 is 27.3 Å². The van der Waals surface area contributed by atoms with Gasteiger partial charge in [-0.3, -0.25) is 9.59 Å². The maximum absolute atomic E-state index is 12.3. The average molecular weight is 380 g/mol. The molecule has 0 aliphatic carbocycles. The second kappa shape index (κ2) is 6.18. The summed E-state index contributed by atoms with van der Waals surface area (Å²) in [6, 6.07) is 7.50. The normalized spacial score (nSPS) is 17.8. The molecule has 1 saturated heterocycles. The molecule has 5 nitrogen and oxygen atoms in total. The quantitative estimate of drug-likeness (QED) is 0.890. The molecule has 1 aromatic heterocycles. The SMILES string of the molecule is Cc1csc(NC(=O)[C@H]2CC(=O)N(c3ccc(Br)cc3)C2)n1. The Labute approximate surface area is 140 Å². The van der Waals surface area contributed by atoms with Gasteiger partial charge in [-0.1, -0.05) is 15.9 Å². The number of aryl methyl sites for hydroxylation is 1. The largest absolute Gasteiger partial charge is 0.312 e. The van der Waals surface area contributed by atoms with Gasteiger partial charge in [0.05, 0.1) is 11.6 Å². The van der Waals surface area contributed by atoms with Crippen molar-refractivity contribution in [2.45, 2.75) is 13.3 Å². The van der Waals surface area contributed by atoms with Gasteiger partial charge in [0, 0.05) is 28.5 Å². The van der Waals surface area contributed by atoms with Gasteiger partial charge in [0.25, 0.3) is 0 Å². The summed E-state index contributed by atoms with van der Waals surface area (Å²) >= 11 is 4.76. The number of hydrogen-bond acceptors (Lipinski definition) is 4. The molecule has 0 spiro atoms. The first kappa shape index (κ1) is 15.2. The van der Waals surface area contributed by atoms with Gasteiger partial charge in [0.2, 0.25) is 11.8 Å². The maximum Gasteiger partial charge on any atom is 0.231 e. The van der Waals surface area contributed by atoms with Crippen LogP contribution in [0, 0.1) is 12.8 Å². The molecule has 1 aliphatic rings. The molecule has 7 heteroatoms. The molecule has 0 unspecified atom stereocenters. The van der Waals surface area contributed by atoms with Crippen LogP contribution in [0.4, 0.5) is 10.8 Å². The molecule has 2 aromatic rings. The van der Waals surface area contributed by atoms with E-state index in [-0.39, 0.29) is 24.2 Å². The van der Waals surface area contributed by atoms with Crippen LogP contribution in [0.15, 0.2) is 34.1 Å². The van der Waals surface area contributed by atoms with E-state index >= 15 is 0 Å². The number of hydrogen-bond donors (Lipinski definition) is 1. The highest BCUT2D eigenvalue weighted by Gasteiger charge is 2.35. The third-order valence-electron chi connectivity index (χ3n) is 3.48. The predicted octanol–water partition coefficient (Wildman–Crippen LogP) is 3.21. The van der Waals surface area contributed by atoms with E-state index in [0.717, 1.165) is 15.9 Å². The van der Waals surface area contributed by atoms with Crippen molar-refractivity contribution in [3.05, 3.63) is 39.8 Å². The number of benzene rings is 1. The molecule has 0 radical (unpaired) electrons. The molecule has 1 fully saturated rings. The van der Waals surface area contributed by atoms with Crippen LogP contribution in [-0.2, 0) is 9.59 Å². The lowest BCUT2D eigenvalue weighted by molar-refractivity contribution is -0.122. The number of nitrogens with one attached hydrogen (secondary N) is 1. The Bertz CT molecular complexity index is 714. The second-order valence-corrected chi connectivity index (χ2v) is 6.94. The number of aromatic nitrogens is 1. The van der Waals surface area contributed by atoms with Crippen LogP contribution in [0.5, 0.6) is 0 Å². The van der Waals surface area contributed by atoms with Crippen molar-refractivity contribution >= 4 is 49.9 Å². The highest BCUT2D eigenvalue weighted by Crippen LogP contribution is 2.27. The lowest BCUT2D eigenvalue weighted by Crippen LogP contribution is -2.28. The van der Waals surface area contributed by atoms with E-state index in [0.29, 0.717) is 11.7 Å². The standard InChI is InChI=1S/C15H14BrN3O2S/c1-9-8-22-15(17-9)18-14(21)10-6-13(20)19(7-10)12-4-2-11(16)3-5-12/h2-5,8,10H,6-7H2,1H3,(H,17,18,21)/t10-/m0/s1. The molecule has 114 valence electrons. The van der Waals surface area contributed by atoms with Crippen molar-refractivity contribution in [3.63, 3.8) is 0 Å². The molecule has 0 bridgehead atoms. The number of carbonyl (C=O) groups is 2. The summed E-state index contributed by atoms with van der Waals surface area (Å²) in [7, 11) is 0. The highest BCUT2D eigenvalue weighted by molar-refractivity contribution is 9.10. The van der Waals surface area contributed by atoms with Gasteiger partial charge < -0.3 is 10.2 Å². The maximum atomic E-state index is 12.3. The van der Waals surface area contributed by atoms with Gasteiger partial charge in [-0.05, 0) is 31.2 Å². The summed E-state index contributed by atoms with van der Waals surface area (Å²) < 4.78 is 0.955. The summed E-state index contributed by atoms with van der Waals surface area (Å²) in [4.78, 5) is 30.3. The number of thiazole rings is 1. The first-order valence-corrected chi connectivity index (χ1v) is 8.49. The van der Waals surface area contributed by atoms with Crippen LogP contribution in [0.2, 0.25) is 0 Å². The van der Waals surface area contributed by atoms with E-state index in [1.165, 1.54) is 11.3 Å². The third-order valence-corrected chi connectivity index (χ3v) is 4.89. The lowest BCUT2D eigenvalue weighted by Gasteiger charge is -2.16. The second-order valence-electron chi connectivity index (χ2n) is 5.17. The molecule has 1 aromatic carbocycles. The molecular formula is C15H14BrN3O2S. The Kier molecular flexibility index (Phi) is 4.26. The number of nitrogens with zero attached hydrogens (tertiary/aromatic N) is 2. The molecule has 3 rings (SSSR count). The van der Waals surface area contributed by atoms with Crippen molar-refractivity contribution in [2.24, 2.45) is 5.92 Å². The van der Waals surface area contributed by atoms with Crippen molar-refractivity contribution in [2.75, 3.05) is 16.8 Å². The molecule has 0 saturated carbocycles. The summed E-state index contributed by atoms with van der Waals surface area (Å²) in [6.07, 6.45) is 0.228. The predicted molar refractivity (Wildman–Crippen MR) is 90.1 cm³/mol. The van der Waals surface area contributed by atoms with Crippen molar-refractivity contribution in [3.8, 4) is 0 Å². The first-order chi connectivity index (χ1) is 10.5. The summed E-state index contributed by atoms with van der Waals surface area (Å²) in [6.45, 7) is 2.27. The molecule has 1 atom stereocenters. The minimum atomic E-state index is -0.347. The van der Waals surface area contributed by atoms with Crippen molar-refractivity contribution in [1.82, 2.24) is 4.98 Å². The van der Waals surface area contributed by atoms with Crippen LogP contribution in [0.25, 0.3) is 0 Å². The Hall–Kier alpha value is -1.73. The summed E-state index contributed by atoms with van der Waals surface area (Å²) in [5.41, 5.74) is 1.69. The van der Waals surface area contributed by atoms with E-state index in [4.69, 9.17) is 0 Å². The summed E-state index contributed by atoms with van der Waals surface area (Å²) in [5.74, 6) is -0.527. The molecule has 22 heavy (non-hydrogen) atoms. The number of anilines is 2. The number of halogens is 1. The zero-order chi connectivity index (χ0) is 15.7. The molecule has 1 N–H and O–H groups in total. The van der Waals surface area contributed by atoms with E-state index in [2.05, 4.69) is 26.2 Å². The third kappa shape index (κ3) is 3.20. The molecular weight excluding hydrogens is 366 g/mol. The molecule has 1 aliphatic heterocycles. The monoisotopic (exact) mass is 379 g/mol. The molecule has 2 amide bonds. The minimum Gasteiger partial charge on any atom is -0.312 e. The van der Waals surface area contributed by atoms with Gasteiger partial charge in [-0.25, -0.2) is 4.98 Å².